The van der Waals surface area contributed by atoms with Gasteiger partial charge in [-0.15, -0.1) is 0 Å². The molecule has 0 amide bonds. The molecule has 0 saturated carbocycles. The lowest BCUT2D eigenvalue weighted by Gasteiger charge is -2.32. The van der Waals surface area contributed by atoms with Crippen LogP contribution >= 0.6 is 0 Å². The number of aliphatic hydroxyl groups excluding tert-OH is 1. The predicted octanol–water partition coefficient (Wildman–Crippen LogP) is 0.990. The molecule has 2 rings (SSSR count). The Bertz CT molecular complexity index is 407. The van der Waals surface area contributed by atoms with Gasteiger partial charge in [0.25, 0.3) is 0 Å². The molecule has 5 heteroatoms. The highest BCUT2D eigenvalue weighted by atomic mass is 19.1. The zero-order chi connectivity index (χ0) is 13.7. The van der Waals surface area contributed by atoms with Gasteiger partial charge in [-0.3, -0.25) is 0 Å². The molecule has 4 nitrogen and oxygen atoms in total. The quantitative estimate of drug-likeness (QED) is 0.746. The zero-order valence-electron chi connectivity index (χ0n) is 10.8. The van der Waals surface area contributed by atoms with Crippen molar-refractivity contribution in [3.8, 4) is 0 Å². The van der Waals surface area contributed by atoms with Crippen molar-refractivity contribution >= 4 is 0 Å². The molecular formula is C14H20FNO3. The Hall–Kier alpha value is -1.01. The molecule has 0 radical (unpaired) electrons. The molecule has 0 aliphatic carbocycles. The van der Waals surface area contributed by atoms with Crippen LogP contribution in [0.15, 0.2) is 24.3 Å². The van der Waals surface area contributed by atoms with Crippen LogP contribution in [0.25, 0.3) is 0 Å². The third-order valence-corrected chi connectivity index (χ3v) is 3.48. The number of rotatable bonds is 5. The smallest absolute Gasteiger partial charge is 0.129 e. The number of nitrogens with one attached hydrogen (secondary N) is 1. The third-order valence-electron chi connectivity index (χ3n) is 3.48. The molecule has 1 fully saturated rings. The second-order valence-corrected chi connectivity index (χ2v) is 5.00. The molecule has 1 aliphatic rings. The van der Waals surface area contributed by atoms with E-state index in [1.165, 1.54) is 6.07 Å². The minimum Gasteiger partial charge on any atom is -0.388 e. The number of halogens is 1. The van der Waals surface area contributed by atoms with Crippen LogP contribution in [0.2, 0.25) is 0 Å². The molecule has 1 aromatic rings. The summed E-state index contributed by atoms with van der Waals surface area (Å²) in [5.41, 5.74) is -0.512. The van der Waals surface area contributed by atoms with E-state index in [1.807, 2.05) is 0 Å². The van der Waals surface area contributed by atoms with E-state index in [-0.39, 0.29) is 12.1 Å². The van der Waals surface area contributed by atoms with E-state index < -0.39 is 17.5 Å². The number of hydrogen-bond donors (Lipinski definition) is 3. The minimum atomic E-state index is -0.912. The summed E-state index contributed by atoms with van der Waals surface area (Å²) in [6, 6.07) is 6.16. The third kappa shape index (κ3) is 3.98. The molecule has 1 aliphatic heterocycles. The molecule has 0 spiro atoms. The van der Waals surface area contributed by atoms with Gasteiger partial charge in [0.1, 0.15) is 5.82 Å². The van der Waals surface area contributed by atoms with Crippen molar-refractivity contribution in [3.63, 3.8) is 0 Å². The molecule has 106 valence electrons. The molecule has 1 heterocycles. The molecular weight excluding hydrogens is 249 g/mol. The van der Waals surface area contributed by atoms with Crippen LogP contribution in [-0.4, -0.2) is 42.1 Å². The van der Waals surface area contributed by atoms with E-state index in [1.54, 1.807) is 18.2 Å². The molecule has 1 saturated heterocycles. The second-order valence-electron chi connectivity index (χ2n) is 5.00. The Morgan fingerprint density at radius 1 is 1.32 bits per heavy atom. The summed E-state index contributed by atoms with van der Waals surface area (Å²) in [5.74, 6) is -0.415. The average molecular weight is 269 g/mol. The van der Waals surface area contributed by atoms with Crippen molar-refractivity contribution in [1.29, 1.82) is 0 Å². The van der Waals surface area contributed by atoms with Gasteiger partial charge in [0.15, 0.2) is 0 Å². The van der Waals surface area contributed by atoms with Gasteiger partial charge >= 0.3 is 0 Å². The Balaban J connectivity index is 1.81. The number of aliphatic hydroxyl groups is 2. The maximum absolute atomic E-state index is 13.4. The Labute approximate surface area is 112 Å². The highest BCUT2D eigenvalue weighted by Gasteiger charge is 2.29. The Morgan fingerprint density at radius 2 is 2.00 bits per heavy atom. The van der Waals surface area contributed by atoms with E-state index in [0.717, 1.165) is 0 Å². The topological polar surface area (TPSA) is 61.7 Å². The van der Waals surface area contributed by atoms with Crippen LogP contribution in [0.5, 0.6) is 0 Å². The van der Waals surface area contributed by atoms with Crippen LogP contribution in [0, 0.1) is 5.82 Å². The second kappa shape index (κ2) is 6.43. The summed E-state index contributed by atoms with van der Waals surface area (Å²) in [7, 11) is 0. The fourth-order valence-corrected chi connectivity index (χ4v) is 2.22. The highest BCUT2D eigenvalue weighted by molar-refractivity contribution is 5.19. The largest absolute Gasteiger partial charge is 0.388 e. The van der Waals surface area contributed by atoms with Crippen LogP contribution in [-0.2, 0) is 4.74 Å². The van der Waals surface area contributed by atoms with Gasteiger partial charge in [0, 0.05) is 44.7 Å². The van der Waals surface area contributed by atoms with E-state index in [0.29, 0.717) is 32.6 Å². The highest BCUT2D eigenvalue weighted by Crippen LogP contribution is 2.20. The monoisotopic (exact) mass is 269 g/mol. The van der Waals surface area contributed by atoms with Crippen LogP contribution in [0.4, 0.5) is 4.39 Å². The van der Waals surface area contributed by atoms with Gasteiger partial charge in [-0.25, -0.2) is 4.39 Å². The summed E-state index contributed by atoms with van der Waals surface area (Å²) in [4.78, 5) is 0. The Morgan fingerprint density at radius 3 is 2.68 bits per heavy atom. The lowest BCUT2D eigenvalue weighted by molar-refractivity contribution is -0.0624. The minimum absolute atomic E-state index is 0.212. The van der Waals surface area contributed by atoms with Crippen molar-refractivity contribution in [2.75, 3.05) is 26.3 Å². The van der Waals surface area contributed by atoms with Gasteiger partial charge < -0.3 is 20.3 Å². The lowest BCUT2D eigenvalue weighted by Crippen LogP contribution is -2.45. The van der Waals surface area contributed by atoms with Crippen LogP contribution in [0.1, 0.15) is 24.5 Å². The van der Waals surface area contributed by atoms with Crippen molar-refractivity contribution in [2.24, 2.45) is 0 Å². The van der Waals surface area contributed by atoms with Crippen LogP contribution in [0.3, 0.4) is 0 Å². The number of ether oxygens (including phenoxy) is 1. The van der Waals surface area contributed by atoms with Gasteiger partial charge in [0.05, 0.1) is 11.7 Å². The average Bonchev–Trinajstić information content (AvgIpc) is 2.39. The first-order valence-corrected chi connectivity index (χ1v) is 6.54. The van der Waals surface area contributed by atoms with Gasteiger partial charge in [-0.05, 0) is 6.07 Å². The molecule has 1 unspecified atom stereocenters. The fraction of sp³-hybridized carbons (Fsp3) is 0.571. The number of benzene rings is 1. The maximum atomic E-state index is 13.4. The zero-order valence-corrected chi connectivity index (χ0v) is 10.8. The maximum Gasteiger partial charge on any atom is 0.129 e. The predicted molar refractivity (Wildman–Crippen MR) is 69.2 cm³/mol. The van der Waals surface area contributed by atoms with Crippen molar-refractivity contribution in [1.82, 2.24) is 5.32 Å². The van der Waals surface area contributed by atoms with Gasteiger partial charge in [-0.1, -0.05) is 18.2 Å². The van der Waals surface area contributed by atoms with Crippen molar-refractivity contribution in [3.05, 3.63) is 35.6 Å². The van der Waals surface area contributed by atoms with Crippen molar-refractivity contribution < 1.29 is 19.3 Å². The molecule has 3 N–H and O–H groups in total. The summed E-state index contributed by atoms with van der Waals surface area (Å²) < 4.78 is 18.6. The van der Waals surface area contributed by atoms with E-state index in [4.69, 9.17) is 4.74 Å². The fourth-order valence-electron chi connectivity index (χ4n) is 2.22. The summed E-state index contributed by atoms with van der Waals surface area (Å²) >= 11 is 0. The molecule has 0 aromatic heterocycles. The van der Waals surface area contributed by atoms with Gasteiger partial charge in [-0.2, -0.15) is 0 Å². The Kier molecular flexibility index (Phi) is 4.87. The first kappa shape index (κ1) is 14.4. The van der Waals surface area contributed by atoms with Gasteiger partial charge in [0.2, 0.25) is 0 Å². The summed E-state index contributed by atoms with van der Waals surface area (Å²) in [6.07, 6.45) is 0.246. The van der Waals surface area contributed by atoms with E-state index in [2.05, 4.69) is 5.32 Å². The first-order valence-electron chi connectivity index (χ1n) is 6.54. The standard InChI is InChI=1S/C14H20FNO3/c15-12-4-2-1-3-11(12)13(17)9-16-10-14(18)5-7-19-8-6-14/h1-4,13,16-18H,5-10H2. The first-order chi connectivity index (χ1) is 9.11. The number of hydrogen-bond acceptors (Lipinski definition) is 4. The van der Waals surface area contributed by atoms with Crippen LogP contribution < -0.4 is 5.32 Å². The summed E-state index contributed by atoms with van der Waals surface area (Å²) in [6.45, 7) is 1.69. The summed E-state index contributed by atoms with van der Waals surface area (Å²) in [5, 5.41) is 23.1. The van der Waals surface area contributed by atoms with E-state index >= 15 is 0 Å². The normalized spacial score (nSPS) is 20.2. The van der Waals surface area contributed by atoms with E-state index in [9.17, 15) is 14.6 Å². The molecule has 1 atom stereocenters. The van der Waals surface area contributed by atoms with Crippen molar-refractivity contribution in [2.45, 2.75) is 24.5 Å². The molecule has 1 aromatic carbocycles. The molecule has 19 heavy (non-hydrogen) atoms. The SMILES string of the molecule is OC(CNCC1(O)CCOCC1)c1ccccc1F. The lowest BCUT2D eigenvalue weighted by atomic mass is 9.94. The molecule has 0 bridgehead atoms.